The predicted molar refractivity (Wildman–Crippen MR) is 62.9 cm³/mol. The molecule has 0 aromatic rings. The number of ether oxygens (including phenoxy) is 1. The van der Waals surface area contributed by atoms with Crippen LogP contribution in [-0.2, 0) is 23.1 Å². The smallest absolute Gasteiger partial charge is 0.331 e. The molecule has 0 aromatic carbocycles. The molecule has 7 heteroatoms. The monoisotopic (exact) mass is 268 g/mol. The van der Waals surface area contributed by atoms with Gasteiger partial charge < -0.3 is 18.9 Å². The summed E-state index contributed by atoms with van der Waals surface area (Å²) in [6, 6.07) is 0. The summed E-state index contributed by atoms with van der Waals surface area (Å²) < 4.78 is 27.0. The largest absolute Gasteiger partial charge is 0.463 e. The molecule has 0 fully saturated rings. The molecule has 1 atom stereocenters. The zero-order valence-electron chi connectivity index (χ0n) is 10.5. The molecule has 102 valence electrons. The molecule has 0 heterocycles. The minimum absolute atomic E-state index is 0.0149. The minimum atomic E-state index is -3.22. The van der Waals surface area contributed by atoms with E-state index >= 15 is 0 Å². The Labute approximate surface area is 102 Å². The Kier molecular flexibility index (Phi) is 8.43. The standard InChI is InChI=1S/C10H21O6P/c1-4-15-17(13,16-5-2)8-9(3)10(12)14-7-6-11/h9,11H,4-8H2,1-3H3. The summed E-state index contributed by atoms with van der Waals surface area (Å²) in [5, 5.41) is 8.52. The molecule has 0 aliphatic heterocycles. The van der Waals surface area contributed by atoms with Gasteiger partial charge in [-0.3, -0.25) is 9.36 Å². The summed E-state index contributed by atoms with van der Waals surface area (Å²) in [7, 11) is -3.22. The Bertz CT molecular complexity index is 258. The molecule has 0 bridgehead atoms. The van der Waals surface area contributed by atoms with Gasteiger partial charge in [0, 0.05) is 0 Å². The summed E-state index contributed by atoms with van der Waals surface area (Å²) in [5.74, 6) is -1.11. The van der Waals surface area contributed by atoms with Crippen molar-refractivity contribution in [3.8, 4) is 0 Å². The van der Waals surface area contributed by atoms with E-state index in [2.05, 4.69) is 0 Å². The maximum absolute atomic E-state index is 12.1. The molecule has 0 saturated carbocycles. The van der Waals surface area contributed by atoms with E-state index in [1.54, 1.807) is 20.8 Å². The number of aliphatic hydroxyl groups is 1. The molecule has 1 unspecified atom stereocenters. The second-order valence-electron chi connectivity index (χ2n) is 3.42. The Hall–Kier alpha value is -0.420. The van der Waals surface area contributed by atoms with Gasteiger partial charge in [-0.15, -0.1) is 0 Å². The molecule has 6 nitrogen and oxygen atoms in total. The summed E-state index contributed by atoms with van der Waals surface area (Å²) >= 11 is 0. The molecular formula is C10H21O6P. The number of carbonyl (C=O) groups is 1. The first-order chi connectivity index (χ1) is 7.99. The Balaban J connectivity index is 4.34. The summed E-state index contributed by atoms with van der Waals surface area (Å²) in [6.45, 7) is 5.24. The number of hydrogen-bond acceptors (Lipinski definition) is 6. The van der Waals surface area contributed by atoms with Crippen molar-refractivity contribution in [3.05, 3.63) is 0 Å². The van der Waals surface area contributed by atoms with Crippen molar-refractivity contribution < 1.29 is 28.3 Å². The highest BCUT2D eigenvalue weighted by molar-refractivity contribution is 7.53. The quantitative estimate of drug-likeness (QED) is 0.503. The van der Waals surface area contributed by atoms with Gasteiger partial charge in [0.2, 0.25) is 0 Å². The molecule has 0 rings (SSSR count). The van der Waals surface area contributed by atoms with Crippen LogP contribution in [-0.4, -0.2) is 43.7 Å². The van der Waals surface area contributed by atoms with Gasteiger partial charge >= 0.3 is 13.6 Å². The van der Waals surface area contributed by atoms with E-state index in [0.29, 0.717) is 0 Å². The number of carbonyl (C=O) groups excluding carboxylic acids is 1. The predicted octanol–water partition coefficient (Wildman–Crippen LogP) is 1.42. The van der Waals surface area contributed by atoms with Gasteiger partial charge in [0.05, 0.1) is 31.9 Å². The molecule has 0 spiro atoms. The summed E-state index contributed by atoms with van der Waals surface area (Å²) in [6.07, 6.45) is -0.0149. The average Bonchev–Trinajstić information content (AvgIpc) is 2.26. The van der Waals surface area contributed by atoms with Crippen LogP contribution in [0.1, 0.15) is 20.8 Å². The van der Waals surface area contributed by atoms with E-state index in [1.165, 1.54) is 0 Å². The van der Waals surface area contributed by atoms with E-state index in [4.69, 9.17) is 18.9 Å². The van der Waals surface area contributed by atoms with Crippen LogP contribution in [0, 0.1) is 5.92 Å². The highest BCUT2D eigenvalue weighted by Crippen LogP contribution is 2.49. The highest BCUT2D eigenvalue weighted by atomic mass is 31.2. The van der Waals surface area contributed by atoms with Crippen LogP contribution >= 0.6 is 7.60 Å². The molecule has 0 saturated heterocycles. The minimum Gasteiger partial charge on any atom is -0.463 e. The van der Waals surface area contributed by atoms with Crippen LogP contribution in [0.25, 0.3) is 0 Å². The van der Waals surface area contributed by atoms with E-state index in [-0.39, 0.29) is 32.6 Å². The molecular weight excluding hydrogens is 247 g/mol. The first-order valence-electron chi connectivity index (χ1n) is 5.64. The van der Waals surface area contributed by atoms with E-state index in [1.807, 2.05) is 0 Å². The first-order valence-corrected chi connectivity index (χ1v) is 7.37. The fourth-order valence-corrected chi connectivity index (χ4v) is 3.13. The SMILES string of the molecule is CCOP(=O)(CC(C)C(=O)OCCO)OCC. The summed E-state index contributed by atoms with van der Waals surface area (Å²) in [4.78, 5) is 11.4. The van der Waals surface area contributed by atoms with Crippen LogP contribution in [0.2, 0.25) is 0 Å². The first kappa shape index (κ1) is 16.6. The third-order valence-corrected chi connectivity index (χ3v) is 4.19. The van der Waals surface area contributed by atoms with Crippen molar-refractivity contribution in [2.75, 3.05) is 32.6 Å². The average molecular weight is 268 g/mol. The maximum atomic E-state index is 12.1. The highest BCUT2D eigenvalue weighted by Gasteiger charge is 2.30. The van der Waals surface area contributed by atoms with Gasteiger partial charge in [0.1, 0.15) is 6.61 Å². The molecule has 0 amide bonds. The molecule has 0 aromatic heterocycles. The van der Waals surface area contributed by atoms with Gasteiger partial charge in [-0.05, 0) is 13.8 Å². The van der Waals surface area contributed by atoms with Crippen molar-refractivity contribution in [1.29, 1.82) is 0 Å². The third kappa shape index (κ3) is 6.78. The lowest BCUT2D eigenvalue weighted by atomic mass is 10.2. The van der Waals surface area contributed by atoms with Crippen LogP contribution < -0.4 is 0 Å². The number of esters is 1. The Morgan fingerprint density at radius 2 is 1.82 bits per heavy atom. The number of hydrogen-bond donors (Lipinski definition) is 1. The van der Waals surface area contributed by atoms with Crippen LogP contribution in [0.3, 0.4) is 0 Å². The Morgan fingerprint density at radius 1 is 1.29 bits per heavy atom. The topological polar surface area (TPSA) is 82.1 Å². The molecule has 0 aliphatic rings. The van der Waals surface area contributed by atoms with Gasteiger partial charge in [-0.25, -0.2) is 0 Å². The van der Waals surface area contributed by atoms with Crippen molar-refractivity contribution in [1.82, 2.24) is 0 Å². The van der Waals surface area contributed by atoms with Crippen LogP contribution in [0.5, 0.6) is 0 Å². The van der Waals surface area contributed by atoms with Gasteiger partial charge in [-0.2, -0.15) is 0 Å². The number of rotatable bonds is 9. The Morgan fingerprint density at radius 3 is 2.24 bits per heavy atom. The zero-order chi connectivity index (χ0) is 13.3. The van der Waals surface area contributed by atoms with Gasteiger partial charge in [0.25, 0.3) is 0 Å². The molecule has 1 N–H and O–H groups in total. The second kappa shape index (κ2) is 8.64. The second-order valence-corrected chi connectivity index (χ2v) is 5.52. The zero-order valence-corrected chi connectivity index (χ0v) is 11.4. The third-order valence-electron chi connectivity index (χ3n) is 1.89. The lowest BCUT2D eigenvalue weighted by Gasteiger charge is -2.19. The van der Waals surface area contributed by atoms with Gasteiger partial charge in [0.15, 0.2) is 0 Å². The van der Waals surface area contributed by atoms with E-state index in [9.17, 15) is 9.36 Å². The molecule has 0 radical (unpaired) electrons. The van der Waals surface area contributed by atoms with Crippen molar-refractivity contribution in [3.63, 3.8) is 0 Å². The normalized spacial score (nSPS) is 13.4. The fourth-order valence-electron chi connectivity index (χ4n) is 1.23. The molecule has 17 heavy (non-hydrogen) atoms. The molecule has 0 aliphatic carbocycles. The lowest BCUT2D eigenvalue weighted by molar-refractivity contribution is -0.148. The van der Waals surface area contributed by atoms with Crippen molar-refractivity contribution >= 4 is 13.6 Å². The van der Waals surface area contributed by atoms with E-state index < -0.39 is 19.5 Å². The fraction of sp³-hybridized carbons (Fsp3) is 0.900. The van der Waals surface area contributed by atoms with Crippen molar-refractivity contribution in [2.24, 2.45) is 5.92 Å². The lowest BCUT2D eigenvalue weighted by Crippen LogP contribution is -2.21. The maximum Gasteiger partial charge on any atom is 0.331 e. The number of aliphatic hydroxyl groups excluding tert-OH is 1. The van der Waals surface area contributed by atoms with E-state index in [0.717, 1.165) is 0 Å². The van der Waals surface area contributed by atoms with Crippen molar-refractivity contribution in [2.45, 2.75) is 20.8 Å². The van der Waals surface area contributed by atoms with Crippen LogP contribution in [0.4, 0.5) is 0 Å². The van der Waals surface area contributed by atoms with Gasteiger partial charge in [-0.1, -0.05) is 6.92 Å². The van der Waals surface area contributed by atoms with Crippen LogP contribution in [0.15, 0.2) is 0 Å². The summed E-state index contributed by atoms with van der Waals surface area (Å²) in [5.41, 5.74) is 0.